The normalized spacial score (nSPS) is 28.2. The Kier molecular flexibility index (Phi) is 6.52. The van der Waals surface area contributed by atoms with Gasteiger partial charge in [0.25, 0.3) is 0 Å². The van der Waals surface area contributed by atoms with E-state index in [1.165, 1.54) is 38.5 Å². The van der Waals surface area contributed by atoms with Gasteiger partial charge in [-0.15, -0.1) is 0 Å². The lowest BCUT2D eigenvalue weighted by Gasteiger charge is -2.42. The Morgan fingerprint density at radius 2 is 1.56 bits per heavy atom. The van der Waals surface area contributed by atoms with Gasteiger partial charge in [-0.05, 0) is 105 Å². The van der Waals surface area contributed by atoms with Crippen molar-refractivity contribution in [1.82, 2.24) is 0 Å². The van der Waals surface area contributed by atoms with Gasteiger partial charge < -0.3 is 4.74 Å². The van der Waals surface area contributed by atoms with Crippen LogP contribution >= 0.6 is 0 Å². The summed E-state index contributed by atoms with van der Waals surface area (Å²) in [4.78, 5) is 4.58. The van der Waals surface area contributed by atoms with Crippen molar-refractivity contribution < 1.29 is 13.5 Å². The molecule has 0 N–H and O–H groups in total. The summed E-state index contributed by atoms with van der Waals surface area (Å²) in [6, 6.07) is 10.4. The fourth-order valence-corrected chi connectivity index (χ4v) is 6.58. The molecule has 5 rings (SSSR count). The average Bonchev–Trinajstić information content (AvgIpc) is 3.18. The van der Waals surface area contributed by atoms with Crippen molar-refractivity contribution in [2.24, 2.45) is 22.7 Å². The van der Waals surface area contributed by atoms with Gasteiger partial charge in [-0.3, -0.25) is 0 Å². The third-order valence-electron chi connectivity index (χ3n) is 8.34. The van der Waals surface area contributed by atoms with Crippen LogP contribution < -0.4 is 0 Å². The highest BCUT2D eigenvalue weighted by Crippen LogP contribution is 2.48. The van der Waals surface area contributed by atoms with E-state index in [2.05, 4.69) is 11.9 Å². The van der Waals surface area contributed by atoms with E-state index in [0.29, 0.717) is 18.1 Å². The molecular weight excluding hydrogens is 428 g/mol. The molecule has 0 spiro atoms. The van der Waals surface area contributed by atoms with E-state index < -0.39 is 11.6 Å². The third-order valence-corrected chi connectivity index (χ3v) is 8.34. The highest BCUT2D eigenvalue weighted by Gasteiger charge is 2.36. The van der Waals surface area contributed by atoms with Crippen molar-refractivity contribution in [3.8, 4) is 11.1 Å². The number of nitrogens with zero attached hydrogens (tertiary/aromatic N) is 1. The molecule has 4 heteroatoms. The summed E-state index contributed by atoms with van der Waals surface area (Å²) in [5.74, 6) is 2.35. The van der Waals surface area contributed by atoms with Gasteiger partial charge in [0.05, 0.1) is 11.1 Å². The van der Waals surface area contributed by atoms with Crippen molar-refractivity contribution in [2.75, 3.05) is 6.61 Å². The molecule has 2 aromatic carbocycles. The van der Waals surface area contributed by atoms with Gasteiger partial charge in [0.15, 0.2) is 0 Å². The van der Waals surface area contributed by atoms with Gasteiger partial charge >= 0.3 is 0 Å². The largest absolute Gasteiger partial charge is 0.475 e. The van der Waals surface area contributed by atoms with Crippen molar-refractivity contribution in [2.45, 2.75) is 83.6 Å². The van der Waals surface area contributed by atoms with Crippen LogP contribution in [0.25, 0.3) is 11.1 Å². The molecule has 1 aliphatic heterocycles. The maximum absolute atomic E-state index is 15.2. The number of ether oxygens (including phenoxy) is 1. The van der Waals surface area contributed by atoms with Crippen LogP contribution in [0.15, 0.2) is 41.4 Å². The average molecular weight is 466 g/mol. The van der Waals surface area contributed by atoms with Crippen LogP contribution in [-0.4, -0.2) is 18.0 Å². The van der Waals surface area contributed by atoms with Crippen LogP contribution in [0.5, 0.6) is 0 Å². The lowest BCUT2D eigenvalue weighted by molar-refractivity contribution is 0.114. The molecule has 2 nitrogen and oxygen atoms in total. The zero-order valence-corrected chi connectivity index (χ0v) is 20.7. The Balaban J connectivity index is 1.31. The maximum Gasteiger partial charge on any atom is 0.216 e. The molecule has 2 aromatic rings. The van der Waals surface area contributed by atoms with E-state index in [0.717, 1.165) is 41.7 Å². The summed E-state index contributed by atoms with van der Waals surface area (Å²) in [5, 5.41) is 0. The molecule has 1 heterocycles. The standard InChI is InChI=1S/C30H37F2NO/c1-4-5-19-6-7-23-15-24(13-12-22(23)14-19)25-16-26(31)28(27(32)17-25)20-8-10-21(11-9-20)29-33-30(2,3)18-34-29/h8-11,16-17,19,22-24H,4-7,12-15,18H2,1-3H3/t19?,22-,23-,24-/m1/s1. The third kappa shape index (κ3) is 4.78. The Bertz CT molecular complexity index is 1030. The number of rotatable bonds is 5. The molecule has 0 radical (unpaired) electrons. The summed E-state index contributed by atoms with van der Waals surface area (Å²) >= 11 is 0. The summed E-state index contributed by atoms with van der Waals surface area (Å²) in [5.41, 5.74) is 2.02. The highest BCUT2D eigenvalue weighted by atomic mass is 19.1. The summed E-state index contributed by atoms with van der Waals surface area (Å²) in [6.07, 6.45) is 9.92. The lowest BCUT2D eigenvalue weighted by atomic mass is 9.63. The van der Waals surface area contributed by atoms with Crippen LogP contribution in [0.1, 0.15) is 89.2 Å². The molecular formula is C30H37F2NO. The second-order valence-corrected chi connectivity index (χ2v) is 11.5. The fraction of sp³-hybridized carbons (Fsp3) is 0.567. The van der Waals surface area contributed by atoms with Crippen LogP contribution in [0, 0.1) is 29.4 Å². The zero-order chi connectivity index (χ0) is 23.9. The Hall–Kier alpha value is -2.23. The smallest absolute Gasteiger partial charge is 0.216 e. The first-order valence-electron chi connectivity index (χ1n) is 13.2. The summed E-state index contributed by atoms with van der Waals surface area (Å²) in [7, 11) is 0. The molecule has 0 bridgehead atoms. The molecule has 34 heavy (non-hydrogen) atoms. The van der Waals surface area contributed by atoms with Gasteiger partial charge in [-0.25, -0.2) is 13.8 Å². The molecule has 2 fully saturated rings. The topological polar surface area (TPSA) is 21.6 Å². The van der Waals surface area contributed by atoms with E-state index in [1.807, 2.05) is 26.0 Å². The van der Waals surface area contributed by atoms with Crippen LogP contribution in [0.4, 0.5) is 8.78 Å². The Labute approximate surface area is 202 Å². The molecule has 0 aromatic heterocycles. The van der Waals surface area contributed by atoms with E-state index in [1.54, 1.807) is 24.3 Å². The lowest BCUT2D eigenvalue weighted by Crippen LogP contribution is -2.30. The van der Waals surface area contributed by atoms with Crippen molar-refractivity contribution >= 4 is 5.90 Å². The number of hydrogen-bond donors (Lipinski definition) is 0. The minimum atomic E-state index is -0.466. The van der Waals surface area contributed by atoms with E-state index >= 15 is 8.78 Å². The van der Waals surface area contributed by atoms with Crippen molar-refractivity contribution in [1.29, 1.82) is 0 Å². The molecule has 182 valence electrons. The Morgan fingerprint density at radius 3 is 2.21 bits per heavy atom. The predicted molar refractivity (Wildman–Crippen MR) is 134 cm³/mol. The van der Waals surface area contributed by atoms with Gasteiger partial charge in [0.2, 0.25) is 5.90 Å². The molecule has 2 saturated carbocycles. The van der Waals surface area contributed by atoms with Crippen LogP contribution in [0.2, 0.25) is 0 Å². The molecule has 1 unspecified atom stereocenters. The van der Waals surface area contributed by atoms with Crippen LogP contribution in [0.3, 0.4) is 0 Å². The number of aliphatic imine (C=N–C) groups is 1. The minimum absolute atomic E-state index is 0.0543. The van der Waals surface area contributed by atoms with Gasteiger partial charge in [-0.2, -0.15) is 0 Å². The molecule has 3 aliphatic rings. The van der Waals surface area contributed by atoms with Crippen molar-refractivity contribution in [3.05, 3.63) is 59.2 Å². The monoisotopic (exact) mass is 465 g/mol. The first kappa shape index (κ1) is 23.5. The number of benzene rings is 2. The number of hydrogen-bond acceptors (Lipinski definition) is 2. The molecule has 2 aliphatic carbocycles. The van der Waals surface area contributed by atoms with Crippen LogP contribution in [-0.2, 0) is 4.74 Å². The van der Waals surface area contributed by atoms with E-state index in [4.69, 9.17) is 4.74 Å². The minimum Gasteiger partial charge on any atom is -0.475 e. The second kappa shape index (κ2) is 9.43. The molecule has 0 amide bonds. The number of fused-ring (bicyclic) bond motifs is 1. The van der Waals surface area contributed by atoms with Gasteiger partial charge in [-0.1, -0.05) is 38.3 Å². The van der Waals surface area contributed by atoms with Gasteiger partial charge in [0.1, 0.15) is 18.2 Å². The van der Waals surface area contributed by atoms with Gasteiger partial charge in [0, 0.05) is 5.56 Å². The predicted octanol–water partition coefficient (Wildman–Crippen LogP) is 8.29. The quantitative estimate of drug-likeness (QED) is 0.435. The first-order valence-corrected chi connectivity index (χ1v) is 13.2. The second-order valence-electron chi connectivity index (χ2n) is 11.5. The Morgan fingerprint density at radius 1 is 0.912 bits per heavy atom. The number of halogens is 2. The fourth-order valence-electron chi connectivity index (χ4n) is 6.58. The maximum atomic E-state index is 15.2. The van der Waals surface area contributed by atoms with E-state index in [9.17, 15) is 0 Å². The SMILES string of the molecule is CCCC1CC[C@@H]2C[C@H](c3cc(F)c(-c4ccc(C5=NC(C)(C)CO5)cc4)c(F)c3)CC[C@@H]2C1. The molecule has 0 saturated heterocycles. The van der Waals surface area contributed by atoms with E-state index in [-0.39, 0.29) is 17.0 Å². The zero-order valence-electron chi connectivity index (χ0n) is 20.7. The molecule has 4 atom stereocenters. The summed E-state index contributed by atoms with van der Waals surface area (Å²) < 4.78 is 36.2. The summed E-state index contributed by atoms with van der Waals surface area (Å²) in [6.45, 7) is 6.86. The van der Waals surface area contributed by atoms with Crippen molar-refractivity contribution in [3.63, 3.8) is 0 Å². The highest BCUT2D eigenvalue weighted by molar-refractivity contribution is 5.95. The first-order chi connectivity index (χ1) is 16.3.